The van der Waals surface area contributed by atoms with Gasteiger partial charge in [0.1, 0.15) is 0 Å². The minimum absolute atomic E-state index is 0.0117. The number of esters is 1. The van der Waals surface area contributed by atoms with Gasteiger partial charge in [-0.3, -0.25) is 9.10 Å². The van der Waals surface area contributed by atoms with Crippen molar-refractivity contribution in [3.05, 3.63) is 77.4 Å². The topological polar surface area (TPSA) is 111 Å². The molecule has 182 valence electrons. The summed E-state index contributed by atoms with van der Waals surface area (Å²) in [5.74, 6) is -0.726. The molecule has 0 radical (unpaired) electrons. The molecule has 0 bridgehead atoms. The van der Waals surface area contributed by atoms with Crippen LogP contribution in [0.3, 0.4) is 0 Å². The monoisotopic (exact) mass is 496 g/mol. The summed E-state index contributed by atoms with van der Waals surface area (Å²) in [6.45, 7) is 0.326. The smallest absolute Gasteiger partial charge is 0.340 e. The van der Waals surface area contributed by atoms with Gasteiger partial charge >= 0.3 is 5.97 Å². The normalized spacial score (nSPS) is 12.6. The van der Waals surface area contributed by atoms with E-state index in [0.717, 1.165) is 5.56 Å². The molecule has 9 nitrogen and oxygen atoms in total. The van der Waals surface area contributed by atoms with Crippen molar-refractivity contribution < 1.29 is 32.2 Å². The number of amides is 1. The second kappa shape index (κ2) is 9.67. The molecule has 0 unspecified atom stereocenters. The number of benzene rings is 3. The number of fused-ring (bicyclic) bond motifs is 1. The Bertz CT molecular complexity index is 1400. The third-order valence-corrected chi connectivity index (χ3v) is 7.52. The summed E-state index contributed by atoms with van der Waals surface area (Å²) in [6.07, 6.45) is 0.616. The van der Waals surface area contributed by atoms with Crippen LogP contribution in [0.15, 0.2) is 65.6 Å². The van der Waals surface area contributed by atoms with Gasteiger partial charge in [0.15, 0.2) is 11.5 Å². The van der Waals surface area contributed by atoms with Gasteiger partial charge in [0.25, 0.3) is 15.9 Å². The fourth-order valence-corrected chi connectivity index (χ4v) is 5.49. The van der Waals surface area contributed by atoms with Crippen molar-refractivity contribution in [2.24, 2.45) is 0 Å². The van der Waals surface area contributed by atoms with Gasteiger partial charge in [-0.05, 0) is 36.2 Å². The maximum absolute atomic E-state index is 13.4. The number of carbonyl (C=O) groups is 2. The Hall–Kier alpha value is -4.05. The standard InChI is InChI=1S/C25H24N2O7S/c1-32-22-14-19(25(29)34-3)20(15-23(22)33-2)26-24(28)17-8-6-9-18(13-17)35(30,31)27-12-11-16-7-4-5-10-21(16)27/h4-10,13-15H,11-12H2,1-3H3,(H,26,28). The predicted molar refractivity (Wildman–Crippen MR) is 130 cm³/mol. The number of ether oxygens (including phenoxy) is 3. The molecule has 0 saturated heterocycles. The van der Waals surface area contributed by atoms with Gasteiger partial charge in [0.05, 0.1) is 43.2 Å². The lowest BCUT2D eigenvalue weighted by Gasteiger charge is -2.20. The zero-order chi connectivity index (χ0) is 25.2. The van der Waals surface area contributed by atoms with E-state index in [1.165, 1.54) is 62.0 Å². The maximum Gasteiger partial charge on any atom is 0.340 e. The highest BCUT2D eigenvalue weighted by atomic mass is 32.2. The van der Waals surface area contributed by atoms with Crippen LogP contribution in [-0.4, -0.2) is 48.2 Å². The SMILES string of the molecule is COC(=O)c1cc(OC)c(OC)cc1NC(=O)c1cccc(S(=O)(=O)N2CCc3ccccc32)c1. The van der Waals surface area contributed by atoms with Crippen LogP contribution in [0.5, 0.6) is 11.5 Å². The van der Waals surface area contributed by atoms with Crippen LogP contribution in [-0.2, 0) is 21.2 Å². The molecule has 1 amide bonds. The van der Waals surface area contributed by atoms with Gasteiger partial charge in [-0.2, -0.15) is 0 Å². The van der Waals surface area contributed by atoms with E-state index < -0.39 is 21.9 Å². The number of rotatable bonds is 7. The quantitative estimate of drug-likeness (QED) is 0.499. The van der Waals surface area contributed by atoms with Crippen molar-refractivity contribution in [1.82, 2.24) is 0 Å². The van der Waals surface area contributed by atoms with Crippen LogP contribution in [0.2, 0.25) is 0 Å². The minimum Gasteiger partial charge on any atom is -0.493 e. The second-order valence-electron chi connectivity index (χ2n) is 7.68. The average Bonchev–Trinajstić information content (AvgIpc) is 3.33. The highest BCUT2D eigenvalue weighted by Crippen LogP contribution is 2.35. The molecule has 1 heterocycles. The highest BCUT2D eigenvalue weighted by molar-refractivity contribution is 7.92. The van der Waals surface area contributed by atoms with Crippen molar-refractivity contribution in [3.63, 3.8) is 0 Å². The molecule has 1 aliphatic heterocycles. The zero-order valence-corrected chi connectivity index (χ0v) is 20.2. The molecule has 0 fully saturated rings. The molecular weight excluding hydrogens is 472 g/mol. The lowest BCUT2D eigenvalue weighted by Crippen LogP contribution is -2.29. The van der Waals surface area contributed by atoms with Crippen molar-refractivity contribution in [3.8, 4) is 11.5 Å². The number of carbonyl (C=O) groups excluding carboxylic acids is 2. The summed E-state index contributed by atoms with van der Waals surface area (Å²) in [6, 6.07) is 15.9. The Morgan fingerprint density at radius 3 is 2.34 bits per heavy atom. The van der Waals surface area contributed by atoms with Crippen LogP contribution < -0.4 is 19.1 Å². The van der Waals surface area contributed by atoms with E-state index in [0.29, 0.717) is 24.4 Å². The van der Waals surface area contributed by atoms with Gasteiger partial charge in [0, 0.05) is 24.2 Å². The van der Waals surface area contributed by atoms with Crippen molar-refractivity contribution in [1.29, 1.82) is 0 Å². The Balaban J connectivity index is 1.66. The molecule has 0 aromatic heterocycles. The first-order valence-electron chi connectivity index (χ1n) is 10.7. The summed E-state index contributed by atoms with van der Waals surface area (Å²) in [5, 5.41) is 2.65. The molecular formula is C25H24N2O7S. The van der Waals surface area contributed by atoms with Crippen molar-refractivity contribution >= 4 is 33.3 Å². The number of anilines is 2. The number of hydrogen-bond acceptors (Lipinski definition) is 7. The molecule has 4 rings (SSSR count). The zero-order valence-electron chi connectivity index (χ0n) is 19.4. The Kier molecular flexibility index (Phi) is 6.65. The average molecular weight is 497 g/mol. The third-order valence-electron chi connectivity index (χ3n) is 5.71. The minimum atomic E-state index is -3.88. The molecule has 0 saturated carbocycles. The summed E-state index contributed by atoms with van der Waals surface area (Å²) < 4.78 is 43.4. The van der Waals surface area contributed by atoms with Gasteiger partial charge in [0.2, 0.25) is 0 Å². The molecule has 35 heavy (non-hydrogen) atoms. The fraction of sp³-hybridized carbons (Fsp3) is 0.200. The summed E-state index contributed by atoms with van der Waals surface area (Å²) in [7, 11) is 0.175. The predicted octanol–water partition coefficient (Wildman–Crippen LogP) is 3.49. The first kappa shape index (κ1) is 24.1. The highest BCUT2D eigenvalue weighted by Gasteiger charge is 2.31. The molecule has 0 spiro atoms. The first-order valence-corrected chi connectivity index (χ1v) is 12.1. The third kappa shape index (κ3) is 4.52. The summed E-state index contributed by atoms with van der Waals surface area (Å²) in [4.78, 5) is 25.4. The largest absolute Gasteiger partial charge is 0.493 e. The van der Waals surface area contributed by atoms with Crippen LogP contribution in [0, 0.1) is 0 Å². The van der Waals surface area contributed by atoms with Crippen molar-refractivity contribution in [2.45, 2.75) is 11.3 Å². The van der Waals surface area contributed by atoms with Crippen molar-refractivity contribution in [2.75, 3.05) is 37.5 Å². The maximum atomic E-state index is 13.4. The van der Waals surface area contributed by atoms with E-state index in [9.17, 15) is 18.0 Å². The number of methoxy groups -OCH3 is 3. The lowest BCUT2D eigenvalue weighted by atomic mass is 10.1. The fourth-order valence-electron chi connectivity index (χ4n) is 3.94. The number of nitrogens with zero attached hydrogens (tertiary/aromatic N) is 1. The van der Waals surface area contributed by atoms with Gasteiger partial charge < -0.3 is 19.5 Å². The van der Waals surface area contributed by atoms with E-state index in [2.05, 4.69) is 5.32 Å². The summed E-state index contributed by atoms with van der Waals surface area (Å²) in [5.41, 5.74) is 1.87. The number of sulfonamides is 1. The van der Waals surface area contributed by atoms with Gasteiger partial charge in [-0.15, -0.1) is 0 Å². The van der Waals surface area contributed by atoms with E-state index in [4.69, 9.17) is 14.2 Å². The van der Waals surface area contributed by atoms with Gasteiger partial charge in [-0.25, -0.2) is 13.2 Å². The number of nitrogens with one attached hydrogen (secondary N) is 1. The van der Waals surface area contributed by atoms with E-state index in [-0.39, 0.29) is 27.5 Å². The molecule has 1 aliphatic rings. The van der Waals surface area contributed by atoms with E-state index >= 15 is 0 Å². The lowest BCUT2D eigenvalue weighted by molar-refractivity contribution is 0.0601. The molecule has 0 atom stereocenters. The van der Waals surface area contributed by atoms with E-state index in [1.807, 2.05) is 12.1 Å². The van der Waals surface area contributed by atoms with Gasteiger partial charge in [-0.1, -0.05) is 24.3 Å². The van der Waals surface area contributed by atoms with E-state index in [1.54, 1.807) is 12.1 Å². The number of para-hydroxylation sites is 1. The molecule has 3 aromatic carbocycles. The molecule has 0 aliphatic carbocycles. The number of hydrogen-bond donors (Lipinski definition) is 1. The Labute approximate surface area is 203 Å². The Morgan fingerprint density at radius 2 is 1.63 bits per heavy atom. The summed E-state index contributed by atoms with van der Waals surface area (Å²) >= 11 is 0. The Morgan fingerprint density at radius 1 is 0.914 bits per heavy atom. The molecule has 3 aromatic rings. The second-order valence-corrected chi connectivity index (χ2v) is 9.54. The first-order chi connectivity index (χ1) is 16.8. The van der Waals surface area contributed by atoms with Crippen LogP contribution in [0.1, 0.15) is 26.3 Å². The van der Waals surface area contributed by atoms with Crippen LogP contribution in [0.4, 0.5) is 11.4 Å². The molecule has 1 N–H and O–H groups in total. The molecule has 10 heteroatoms. The van der Waals surface area contributed by atoms with Crippen LogP contribution >= 0.6 is 0 Å². The van der Waals surface area contributed by atoms with Crippen LogP contribution in [0.25, 0.3) is 0 Å².